The normalized spacial score (nSPS) is 10.3. The van der Waals surface area contributed by atoms with Crippen LogP contribution in [0.3, 0.4) is 0 Å². The Balaban J connectivity index is 0.00000261. The molecule has 0 atom stereocenters. The standard InChI is InChI=1S/C20H18N2O4.BrH/c1-13-9-14(3-5-17(13)20(25)26)18-6-4-15(19(23)24)10-16(18)11-22-8-7-21(2)12-22;/h3-10,12H,11H2,1-2H3,(H-,23,24,25,26);1H/p+1. The smallest absolute Gasteiger partial charge is 0.335 e. The maximum absolute atomic E-state index is 11.4. The van der Waals surface area contributed by atoms with Gasteiger partial charge < -0.3 is 10.2 Å². The molecule has 27 heavy (non-hydrogen) atoms. The van der Waals surface area contributed by atoms with Gasteiger partial charge in [-0.25, -0.2) is 18.7 Å². The van der Waals surface area contributed by atoms with Gasteiger partial charge in [0.2, 0.25) is 6.33 Å². The Labute approximate surface area is 167 Å². The van der Waals surface area contributed by atoms with Gasteiger partial charge >= 0.3 is 11.9 Å². The molecule has 0 fully saturated rings. The van der Waals surface area contributed by atoms with Crippen LogP contribution in [0.1, 0.15) is 31.8 Å². The number of carboxylic acids is 2. The molecule has 0 spiro atoms. The van der Waals surface area contributed by atoms with Crippen molar-refractivity contribution in [3.05, 3.63) is 77.4 Å². The summed E-state index contributed by atoms with van der Waals surface area (Å²) >= 11 is 0. The number of imidazole rings is 1. The highest BCUT2D eigenvalue weighted by atomic mass is 79.9. The van der Waals surface area contributed by atoms with E-state index in [1.165, 1.54) is 0 Å². The predicted octanol–water partition coefficient (Wildman–Crippen LogP) is 3.31. The Bertz CT molecular complexity index is 1010. The summed E-state index contributed by atoms with van der Waals surface area (Å²) in [6.07, 6.45) is 5.73. The van der Waals surface area contributed by atoms with E-state index in [1.54, 1.807) is 37.3 Å². The van der Waals surface area contributed by atoms with Crippen molar-refractivity contribution in [1.82, 2.24) is 4.57 Å². The Hall–Kier alpha value is -2.93. The molecular weight excluding hydrogens is 412 g/mol. The lowest BCUT2D eigenvalue weighted by Crippen LogP contribution is -2.23. The molecule has 0 aliphatic heterocycles. The largest absolute Gasteiger partial charge is 0.478 e. The summed E-state index contributed by atoms with van der Waals surface area (Å²) in [5.74, 6) is -1.94. The van der Waals surface area contributed by atoms with E-state index in [-0.39, 0.29) is 28.1 Å². The van der Waals surface area contributed by atoms with Crippen LogP contribution in [0.2, 0.25) is 0 Å². The van der Waals surface area contributed by atoms with Crippen molar-refractivity contribution in [2.24, 2.45) is 7.05 Å². The van der Waals surface area contributed by atoms with Crippen LogP contribution in [0.5, 0.6) is 0 Å². The highest BCUT2D eigenvalue weighted by Crippen LogP contribution is 2.28. The molecule has 0 amide bonds. The molecule has 1 aromatic heterocycles. The van der Waals surface area contributed by atoms with Crippen molar-refractivity contribution in [1.29, 1.82) is 0 Å². The van der Waals surface area contributed by atoms with Crippen LogP contribution in [0, 0.1) is 6.92 Å². The third kappa shape index (κ3) is 4.43. The van der Waals surface area contributed by atoms with Crippen molar-refractivity contribution < 1.29 is 24.4 Å². The van der Waals surface area contributed by atoms with Gasteiger partial charge in [0.05, 0.1) is 18.2 Å². The number of nitrogens with zero attached hydrogens (tertiary/aromatic N) is 2. The fourth-order valence-corrected chi connectivity index (χ4v) is 3.00. The monoisotopic (exact) mass is 431 g/mol. The number of benzene rings is 2. The number of aryl methyl sites for hydroxylation is 2. The van der Waals surface area contributed by atoms with Crippen LogP contribution in [-0.4, -0.2) is 26.7 Å². The maximum atomic E-state index is 11.4. The number of carboxylic acid groups (broad SMARTS) is 2. The third-order valence-corrected chi connectivity index (χ3v) is 4.30. The zero-order chi connectivity index (χ0) is 18.8. The summed E-state index contributed by atoms with van der Waals surface area (Å²) < 4.78 is 3.87. The lowest BCUT2D eigenvalue weighted by atomic mass is 9.94. The van der Waals surface area contributed by atoms with E-state index >= 15 is 0 Å². The number of aromatic carboxylic acids is 2. The molecule has 3 aromatic rings. The minimum Gasteiger partial charge on any atom is -0.478 e. The van der Waals surface area contributed by atoms with Gasteiger partial charge in [-0.2, -0.15) is 0 Å². The minimum atomic E-state index is -0.978. The van der Waals surface area contributed by atoms with Gasteiger partial charge in [-0.1, -0.05) is 18.2 Å². The van der Waals surface area contributed by atoms with Crippen LogP contribution >= 0.6 is 17.0 Å². The molecule has 0 aliphatic carbocycles. The molecule has 0 saturated heterocycles. The third-order valence-electron chi connectivity index (χ3n) is 4.30. The summed E-state index contributed by atoms with van der Waals surface area (Å²) in [5, 5.41) is 18.5. The molecule has 3 rings (SSSR count). The second-order valence-corrected chi connectivity index (χ2v) is 6.26. The molecule has 7 heteroatoms. The number of halogens is 1. The number of hydrogen-bond donors (Lipinski definition) is 2. The SMILES string of the molecule is Br.Cc1cc(-c2ccc(C(=O)O)cc2Cn2cc[n+](C)c2)ccc1C(=O)O. The predicted molar refractivity (Wildman–Crippen MR) is 106 cm³/mol. The van der Waals surface area contributed by atoms with Crippen molar-refractivity contribution in [2.75, 3.05) is 0 Å². The highest BCUT2D eigenvalue weighted by Gasteiger charge is 2.15. The first-order valence-electron chi connectivity index (χ1n) is 8.06. The first-order chi connectivity index (χ1) is 12.3. The van der Waals surface area contributed by atoms with Gasteiger partial charge in [-0.05, 0) is 41.8 Å². The van der Waals surface area contributed by atoms with Crippen molar-refractivity contribution >= 4 is 28.9 Å². The summed E-state index contributed by atoms with van der Waals surface area (Å²) in [5.41, 5.74) is 3.73. The molecule has 140 valence electrons. The van der Waals surface area contributed by atoms with Gasteiger partial charge in [0.1, 0.15) is 18.9 Å². The molecular formula is C20H20BrN2O4+. The average molecular weight is 432 g/mol. The summed E-state index contributed by atoms with van der Waals surface area (Å²) in [7, 11) is 1.92. The molecule has 0 aliphatic rings. The van der Waals surface area contributed by atoms with Gasteiger partial charge in [-0.15, -0.1) is 17.0 Å². The fourth-order valence-electron chi connectivity index (χ4n) is 3.00. The summed E-state index contributed by atoms with van der Waals surface area (Å²) in [6.45, 7) is 2.27. The zero-order valence-corrected chi connectivity index (χ0v) is 16.6. The van der Waals surface area contributed by atoms with E-state index < -0.39 is 11.9 Å². The number of carbonyl (C=O) groups is 2. The van der Waals surface area contributed by atoms with Crippen LogP contribution in [0.15, 0.2) is 55.1 Å². The van der Waals surface area contributed by atoms with E-state index in [0.29, 0.717) is 12.1 Å². The molecule has 2 aromatic carbocycles. The lowest BCUT2D eigenvalue weighted by Gasteiger charge is -2.11. The van der Waals surface area contributed by atoms with E-state index in [9.17, 15) is 19.8 Å². The Morgan fingerprint density at radius 3 is 2.37 bits per heavy atom. The lowest BCUT2D eigenvalue weighted by molar-refractivity contribution is -0.671. The fraction of sp³-hybridized carbons (Fsp3) is 0.150. The maximum Gasteiger partial charge on any atom is 0.335 e. The molecule has 0 saturated carbocycles. The summed E-state index contributed by atoms with van der Waals surface area (Å²) in [6, 6.07) is 10.2. The summed E-state index contributed by atoms with van der Waals surface area (Å²) in [4.78, 5) is 22.6. The second kappa shape index (κ2) is 8.18. The van der Waals surface area contributed by atoms with E-state index in [0.717, 1.165) is 16.7 Å². The first-order valence-corrected chi connectivity index (χ1v) is 8.06. The van der Waals surface area contributed by atoms with Crippen molar-refractivity contribution in [3.63, 3.8) is 0 Å². The van der Waals surface area contributed by atoms with Gasteiger partial charge in [-0.3, -0.25) is 0 Å². The number of hydrogen-bond acceptors (Lipinski definition) is 2. The van der Waals surface area contributed by atoms with Gasteiger partial charge in [0, 0.05) is 5.56 Å². The number of aromatic nitrogens is 2. The second-order valence-electron chi connectivity index (χ2n) is 6.26. The quantitative estimate of drug-likeness (QED) is 0.606. The van der Waals surface area contributed by atoms with Crippen LogP contribution in [-0.2, 0) is 13.6 Å². The Morgan fingerprint density at radius 2 is 1.81 bits per heavy atom. The number of rotatable bonds is 5. The average Bonchev–Trinajstić information content (AvgIpc) is 2.99. The molecule has 0 radical (unpaired) electrons. The van der Waals surface area contributed by atoms with Crippen molar-refractivity contribution in [2.45, 2.75) is 13.5 Å². The van der Waals surface area contributed by atoms with Gasteiger partial charge in [0.15, 0.2) is 0 Å². The highest BCUT2D eigenvalue weighted by molar-refractivity contribution is 8.93. The molecule has 0 bridgehead atoms. The van der Waals surface area contributed by atoms with Crippen LogP contribution < -0.4 is 4.57 Å². The molecule has 6 nitrogen and oxygen atoms in total. The van der Waals surface area contributed by atoms with E-state index in [4.69, 9.17) is 0 Å². The van der Waals surface area contributed by atoms with Gasteiger partial charge in [0.25, 0.3) is 0 Å². The molecule has 0 unspecified atom stereocenters. The van der Waals surface area contributed by atoms with E-state index in [1.807, 2.05) is 41.0 Å². The van der Waals surface area contributed by atoms with Crippen LogP contribution in [0.4, 0.5) is 0 Å². The van der Waals surface area contributed by atoms with Crippen molar-refractivity contribution in [3.8, 4) is 11.1 Å². The minimum absolute atomic E-state index is 0. The topological polar surface area (TPSA) is 83.4 Å². The zero-order valence-electron chi connectivity index (χ0n) is 14.9. The first kappa shape index (κ1) is 20.4. The van der Waals surface area contributed by atoms with Crippen LogP contribution in [0.25, 0.3) is 11.1 Å². The molecule has 1 heterocycles. The molecule has 2 N–H and O–H groups in total. The Kier molecular flexibility index (Phi) is 6.17. The Morgan fingerprint density at radius 1 is 1.07 bits per heavy atom. The van der Waals surface area contributed by atoms with E-state index in [2.05, 4.69) is 0 Å².